The molecule has 4 heterocycles. The molecule has 0 spiro atoms. The highest BCUT2D eigenvalue weighted by Crippen LogP contribution is 2.34. The average molecular weight is 638 g/mol. The summed E-state index contributed by atoms with van der Waals surface area (Å²) in [6, 6.07) is 13.5. The minimum atomic E-state index is -3.48. The summed E-state index contributed by atoms with van der Waals surface area (Å²) in [6.07, 6.45) is 3.48. The van der Waals surface area contributed by atoms with Crippen LogP contribution in [-0.4, -0.2) is 125 Å². The molecule has 0 amide bonds. The van der Waals surface area contributed by atoms with Gasteiger partial charge >= 0.3 is 0 Å². The van der Waals surface area contributed by atoms with Crippen molar-refractivity contribution < 1.29 is 17.9 Å². The molecule has 6 rings (SSSR count). The molecule has 3 fully saturated rings. The van der Waals surface area contributed by atoms with Gasteiger partial charge in [0.25, 0.3) is 0 Å². The minimum Gasteiger partial charge on any atom is -0.494 e. The molecule has 3 aliphatic rings. The molecule has 0 atom stereocenters. The molecular formula is C31H43N9O4S. The molecule has 1 aromatic heterocycles. The summed E-state index contributed by atoms with van der Waals surface area (Å²) in [5, 5.41) is 6.44. The maximum absolute atomic E-state index is 12.4. The Bertz CT molecular complexity index is 1570. The SMILES string of the molecule is COc1cc(N2CCC(N3CCN(C)CC3)CC2)ccc1Nc1nc(Nc2ccccc2S(C)(=O)=O)nc(N2CCOCC2)n1. The van der Waals surface area contributed by atoms with E-state index in [1.165, 1.54) is 6.26 Å². The van der Waals surface area contributed by atoms with Crippen molar-refractivity contribution >= 4 is 44.7 Å². The number of rotatable bonds is 9. The van der Waals surface area contributed by atoms with Crippen LogP contribution in [0.5, 0.6) is 5.75 Å². The lowest BCUT2D eigenvalue weighted by Gasteiger charge is -2.42. The summed E-state index contributed by atoms with van der Waals surface area (Å²) in [7, 11) is 0.382. The maximum Gasteiger partial charge on any atom is 0.233 e. The van der Waals surface area contributed by atoms with Crippen LogP contribution < -0.4 is 25.2 Å². The van der Waals surface area contributed by atoms with Gasteiger partial charge in [-0.1, -0.05) is 12.1 Å². The van der Waals surface area contributed by atoms with Gasteiger partial charge in [-0.25, -0.2) is 8.42 Å². The van der Waals surface area contributed by atoms with Crippen molar-refractivity contribution in [3.8, 4) is 5.75 Å². The lowest BCUT2D eigenvalue weighted by Crippen LogP contribution is -2.52. The summed E-state index contributed by atoms with van der Waals surface area (Å²) in [6.45, 7) is 9.01. The van der Waals surface area contributed by atoms with Crippen molar-refractivity contribution in [2.24, 2.45) is 0 Å². The highest BCUT2D eigenvalue weighted by molar-refractivity contribution is 7.90. The molecule has 14 heteroatoms. The van der Waals surface area contributed by atoms with Crippen molar-refractivity contribution in [2.45, 2.75) is 23.8 Å². The number of nitrogens with zero attached hydrogens (tertiary/aromatic N) is 7. The lowest BCUT2D eigenvalue weighted by molar-refractivity contribution is 0.0982. The number of anilines is 6. The molecule has 3 aromatic rings. The normalized spacial score (nSPS) is 19.0. The van der Waals surface area contributed by atoms with Crippen LogP contribution in [0.25, 0.3) is 0 Å². The first-order valence-corrected chi connectivity index (χ1v) is 17.4. The molecule has 0 aliphatic carbocycles. The molecule has 3 saturated heterocycles. The van der Waals surface area contributed by atoms with Gasteiger partial charge in [0.05, 0.1) is 36.6 Å². The second-order valence-corrected chi connectivity index (χ2v) is 13.8. The standard InChI is InChI=1S/C31H43N9O4S/c1-37-14-16-39(17-15-37)23-10-12-38(13-11-23)24-8-9-25(27(22-24)43-2)32-29-34-30(36-31(35-29)40-18-20-44-21-19-40)33-26-6-4-5-7-28(26)45(3,41)42/h4-9,22-23H,10-21H2,1-3H3,(H2,32,33,34,35,36). The Kier molecular flexibility index (Phi) is 9.54. The fourth-order valence-corrected chi connectivity index (χ4v) is 7.02. The highest BCUT2D eigenvalue weighted by atomic mass is 32.2. The Balaban J connectivity index is 1.21. The quantitative estimate of drug-likeness (QED) is 0.357. The Morgan fingerprint density at radius 3 is 2.16 bits per heavy atom. The topological polar surface area (TPSA) is 128 Å². The summed E-state index contributed by atoms with van der Waals surface area (Å²) < 4.78 is 36.2. The maximum atomic E-state index is 12.4. The number of benzene rings is 2. The zero-order valence-corrected chi connectivity index (χ0v) is 27.1. The van der Waals surface area contributed by atoms with Gasteiger partial charge in [-0.2, -0.15) is 15.0 Å². The van der Waals surface area contributed by atoms with E-state index in [0.29, 0.717) is 55.7 Å². The Labute approximate surface area is 265 Å². The Morgan fingerprint density at radius 2 is 1.49 bits per heavy atom. The van der Waals surface area contributed by atoms with E-state index in [0.717, 1.165) is 63.5 Å². The van der Waals surface area contributed by atoms with E-state index >= 15 is 0 Å². The van der Waals surface area contributed by atoms with Gasteiger partial charge in [0.2, 0.25) is 17.8 Å². The van der Waals surface area contributed by atoms with E-state index in [1.807, 2.05) is 11.0 Å². The van der Waals surface area contributed by atoms with Crippen molar-refractivity contribution in [3.05, 3.63) is 42.5 Å². The number of methoxy groups -OCH3 is 1. The molecule has 2 N–H and O–H groups in total. The number of piperazine rings is 1. The number of likely N-dealkylation sites (N-methyl/N-ethyl adjacent to an activating group) is 1. The number of para-hydroxylation sites is 1. The summed E-state index contributed by atoms with van der Waals surface area (Å²) in [5.74, 6) is 1.68. The lowest BCUT2D eigenvalue weighted by atomic mass is 10.0. The van der Waals surface area contributed by atoms with Gasteiger partial charge in [0.1, 0.15) is 5.75 Å². The van der Waals surface area contributed by atoms with E-state index < -0.39 is 9.84 Å². The van der Waals surface area contributed by atoms with Gasteiger partial charge in [-0.3, -0.25) is 4.90 Å². The fraction of sp³-hybridized carbons (Fsp3) is 0.516. The van der Waals surface area contributed by atoms with Crippen molar-refractivity contribution in [3.63, 3.8) is 0 Å². The first-order valence-electron chi connectivity index (χ1n) is 15.5. The summed E-state index contributed by atoms with van der Waals surface area (Å²) >= 11 is 0. The van der Waals surface area contributed by atoms with Crippen LogP contribution in [0.4, 0.5) is 34.9 Å². The average Bonchev–Trinajstić information content (AvgIpc) is 3.05. The third-order valence-corrected chi connectivity index (χ3v) is 9.92. The van der Waals surface area contributed by atoms with Crippen LogP contribution in [-0.2, 0) is 14.6 Å². The number of nitrogens with one attached hydrogen (secondary N) is 2. The number of hydrogen-bond acceptors (Lipinski definition) is 13. The monoisotopic (exact) mass is 637 g/mol. The predicted molar refractivity (Wildman–Crippen MR) is 176 cm³/mol. The Hall–Kier alpha value is -3.72. The van der Waals surface area contributed by atoms with Gasteiger partial charge in [0.15, 0.2) is 9.84 Å². The second kappa shape index (κ2) is 13.7. The molecule has 0 saturated carbocycles. The van der Waals surface area contributed by atoms with E-state index in [1.54, 1.807) is 31.4 Å². The van der Waals surface area contributed by atoms with Gasteiger partial charge in [-0.15, -0.1) is 0 Å². The number of piperidine rings is 1. The minimum absolute atomic E-state index is 0.165. The third-order valence-electron chi connectivity index (χ3n) is 8.77. The molecule has 3 aliphatic heterocycles. The van der Waals surface area contributed by atoms with Crippen LogP contribution in [0, 0.1) is 0 Å². The number of sulfone groups is 1. The molecular weight excluding hydrogens is 594 g/mol. The molecule has 2 aromatic carbocycles. The number of morpholine rings is 1. The molecule has 45 heavy (non-hydrogen) atoms. The highest BCUT2D eigenvalue weighted by Gasteiger charge is 2.27. The van der Waals surface area contributed by atoms with Gasteiger partial charge in [0, 0.05) is 76.4 Å². The first-order chi connectivity index (χ1) is 21.8. The van der Waals surface area contributed by atoms with Crippen LogP contribution in [0.15, 0.2) is 47.4 Å². The zero-order valence-electron chi connectivity index (χ0n) is 26.3. The molecule has 0 unspecified atom stereocenters. The van der Waals surface area contributed by atoms with Crippen molar-refractivity contribution in [2.75, 3.05) is 106 Å². The number of hydrogen-bond donors (Lipinski definition) is 2. The number of ether oxygens (including phenoxy) is 2. The molecule has 0 bridgehead atoms. The smallest absolute Gasteiger partial charge is 0.233 e. The van der Waals surface area contributed by atoms with Crippen LogP contribution in [0.1, 0.15) is 12.8 Å². The predicted octanol–water partition coefficient (Wildman–Crippen LogP) is 2.82. The zero-order chi connectivity index (χ0) is 31.4. The van der Waals surface area contributed by atoms with Crippen LogP contribution in [0.2, 0.25) is 0 Å². The molecule has 13 nitrogen and oxygen atoms in total. The largest absolute Gasteiger partial charge is 0.494 e. The van der Waals surface area contributed by atoms with E-state index in [9.17, 15) is 8.42 Å². The number of aromatic nitrogens is 3. The second-order valence-electron chi connectivity index (χ2n) is 11.8. The Morgan fingerprint density at radius 1 is 0.822 bits per heavy atom. The van der Waals surface area contributed by atoms with E-state index in [-0.39, 0.29) is 10.8 Å². The van der Waals surface area contributed by atoms with Crippen LogP contribution in [0.3, 0.4) is 0 Å². The van der Waals surface area contributed by atoms with Gasteiger partial charge in [-0.05, 0) is 44.2 Å². The summed E-state index contributed by atoms with van der Waals surface area (Å²) in [5.41, 5.74) is 2.23. The first kappa shape index (κ1) is 31.3. The van der Waals surface area contributed by atoms with Gasteiger partial charge < -0.3 is 34.8 Å². The van der Waals surface area contributed by atoms with Crippen molar-refractivity contribution in [1.82, 2.24) is 24.8 Å². The van der Waals surface area contributed by atoms with Crippen molar-refractivity contribution in [1.29, 1.82) is 0 Å². The van der Waals surface area contributed by atoms with E-state index in [4.69, 9.17) is 14.5 Å². The molecule has 0 radical (unpaired) electrons. The summed E-state index contributed by atoms with van der Waals surface area (Å²) in [4.78, 5) is 23.7. The molecule has 242 valence electrons. The van der Waals surface area contributed by atoms with Crippen LogP contribution >= 0.6 is 0 Å². The fourth-order valence-electron chi connectivity index (χ4n) is 6.17. The van der Waals surface area contributed by atoms with E-state index in [2.05, 4.69) is 54.5 Å². The third kappa shape index (κ3) is 7.57.